The normalized spacial score (nSPS) is 25.1. The summed E-state index contributed by atoms with van der Waals surface area (Å²) in [5.41, 5.74) is 0.848. The summed E-state index contributed by atoms with van der Waals surface area (Å²) in [4.78, 5) is 14.6. The van der Waals surface area contributed by atoms with Crippen molar-refractivity contribution in [3.63, 3.8) is 0 Å². The zero-order valence-electron chi connectivity index (χ0n) is 15.6. The number of likely N-dealkylation sites (tertiary alicyclic amines) is 1. The zero-order valence-corrected chi connectivity index (χ0v) is 15.6. The molecule has 5 nitrogen and oxygen atoms in total. The van der Waals surface area contributed by atoms with Crippen LogP contribution in [0.3, 0.4) is 0 Å². The number of carbonyl (C=O) groups is 1. The number of fused-ring (bicyclic) bond motifs is 1. The van der Waals surface area contributed by atoms with Crippen LogP contribution in [0, 0.1) is 0 Å². The molecule has 1 fully saturated rings. The number of anilines is 1. The van der Waals surface area contributed by atoms with E-state index in [2.05, 4.69) is 10.4 Å². The van der Waals surface area contributed by atoms with Gasteiger partial charge in [-0.25, -0.2) is 4.68 Å². The Hall–Kier alpha value is -2.51. The first-order valence-electron chi connectivity index (χ1n) is 9.63. The number of benzene rings is 1. The standard InChI is InChI=1S/C20H23F3N4O/c1-13-7-5-6-10-26(13)19(28)16-12-18-24-15(14-8-3-2-4-9-14)11-17(20(21,22)23)27(18)25-16/h2-4,8-9,12-13,15,17,24H,5-7,10-11H2,1H3/t13-,15-,17-/m0/s1. The summed E-state index contributed by atoms with van der Waals surface area (Å²) in [6.45, 7) is 2.58. The summed E-state index contributed by atoms with van der Waals surface area (Å²) in [6, 6.07) is 8.31. The van der Waals surface area contributed by atoms with Crippen molar-refractivity contribution in [2.75, 3.05) is 11.9 Å². The number of nitrogens with one attached hydrogen (secondary N) is 1. The third-order valence-electron chi connectivity index (χ3n) is 5.67. The summed E-state index contributed by atoms with van der Waals surface area (Å²) in [7, 11) is 0. The quantitative estimate of drug-likeness (QED) is 0.815. The van der Waals surface area contributed by atoms with Crippen LogP contribution in [0.2, 0.25) is 0 Å². The molecule has 0 radical (unpaired) electrons. The molecular formula is C20H23F3N4O. The summed E-state index contributed by atoms with van der Waals surface area (Å²) < 4.78 is 42.2. The number of hydrogen-bond acceptors (Lipinski definition) is 3. The number of hydrogen-bond donors (Lipinski definition) is 1. The predicted octanol–water partition coefficient (Wildman–Crippen LogP) is 4.56. The van der Waals surface area contributed by atoms with Gasteiger partial charge in [0.15, 0.2) is 11.7 Å². The van der Waals surface area contributed by atoms with E-state index >= 15 is 0 Å². The average Bonchev–Trinajstić information content (AvgIpc) is 3.11. The molecule has 0 aliphatic carbocycles. The van der Waals surface area contributed by atoms with E-state index in [9.17, 15) is 18.0 Å². The van der Waals surface area contributed by atoms with Crippen molar-refractivity contribution in [1.29, 1.82) is 0 Å². The molecule has 1 saturated heterocycles. The molecule has 1 N–H and O–H groups in total. The van der Waals surface area contributed by atoms with Crippen LogP contribution in [0.15, 0.2) is 36.4 Å². The van der Waals surface area contributed by atoms with Crippen molar-refractivity contribution < 1.29 is 18.0 Å². The van der Waals surface area contributed by atoms with E-state index in [1.54, 1.807) is 29.2 Å². The molecule has 0 spiro atoms. The van der Waals surface area contributed by atoms with Crippen molar-refractivity contribution in [2.24, 2.45) is 0 Å². The van der Waals surface area contributed by atoms with Crippen LogP contribution in [0.5, 0.6) is 0 Å². The van der Waals surface area contributed by atoms with Gasteiger partial charge >= 0.3 is 6.18 Å². The van der Waals surface area contributed by atoms with Crippen molar-refractivity contribution in [1.82, 2.24) is 14.7 Å². The Morgan fingerprint density at radius 2 is 1.96 bits per heavy atom. The Bertz CT molecular complexity index is 849. The smallest absolute Gasteiger partial charge is 0.363 e. The topological polar surface area (TPSA) is 50.2 Å². The van der Waals surface area contributed by atoms with Crippen LogP contribution < -0.4 is 5.32 Å². The fraction of sp³-hybridized carbons (Fsp3) is 0.500. The van der Waals surface area contributed by atoms with Crippen molar-refractivity contribution in [3.05, 3.63) is 47.7 Å². The maximum absolute atomic E-state index is 13.8. The Morgan fingerprint density at radius 1 is 1.21 bits per heavy atom. The van der Waals surface area contributed by atoms with Gasteiger partial charge in [-0.2, -0.15) is 18.3 Å². The van der Waals surface area contributed by atoms with Gasteiger partial charge < -0.3 is 10.2 Å². The highest BCUT2D eigenvalue weighted by Gasteiger charge is 2.47. The number of halogens is 3. The summed E-state index contributed by atoms with van der Waals surface area (Å²) >= 11 is 0. The fourth-order valence-corrected chi connectivity index (χ4v) is 4.13. The molecule has 2 aromatic rings. The molecule has 1 aromatic heterocycles. The lowest BCUT2D eigenvalue weighted by Crippen LogP contribution is -2.42. The highest BCUT2D eigenvalue weighted by molar-refractivity contribution is 5.93. The molecule has 150 valence electrons. The maximum atomic E-state index is 13.8. The first-order valence-corrected chi connectivity index (χ1v) is 9.63. The number of alkyl halides is 3. The van der Waals surface area contributed by atoms with Gasteiger partial charge in [0.25, 0.3) is 5.91 Å². The van der Waals surface area contributed by atoms with Crippen molar-refractivity contribution in [3.8, 4) is 0 Å². The molecule has 28 heavy (non-hydrogen) atoms. The van der Waals surface area contributed by atoms with Crippen LogP contribution in [0.25, 0.3) is 0 Å². The second-order valence-electron chi connectivity index (χ2n) is 7.60. The first kappa shape index (κ1) is 18.8. The molecule has 0 bridgehead atoms. The summed E-state index contributed by atoms with van der Waals surface area (Å²) in [5.74, 6) is -0.0662. The molecule has 2 aliphatic rings. The lowest BCUT2D eigenvalue weighted by Gasteiger charge is -2.33. The van der Waals surface area contributed by atoms with Gasteiger partial charge in [-0.05, 0) is 31.7 Å². The van der Waals surface area contributed by atoms with Gasteiger partial charge in [0.2, 0.25) is 0 Å². The minimum atomic E-state index is -4.45. The minimum Gasteiger partial charge on any atom is -0.363 e. The molecule has 8 heteroatoms. The highest BCUT2D eigenvalue weighted by Crippen LogP contribution is 2.43. The van der Waals surface area contributed by atoms with Gasteiger partial charge in [-0.15, -0.1) is 0 Å². The maximum Gasteiger partial charge on any atom is 0.410 e. The van der Waals surface area contributed by atoms with E-state index in [1.165, 1.54) is 6.07 Å². The second-order valence-corrected chi connectivity index (χ2v) is 7.60. The molecule has 4 rings (SSSR count). The Labute approximate surface area is 161 Å². The molecule has 2 aliphatic heterocycles. The fourth-order valence-electron chi connectivity index (χ4n) is 4.13. The predicted molar refractivity (Wildman–Crippen MR) is 99.1 cm³/mol. The van der Waals surface area contributed by atoms with Crippen LogP contribution in [-0.2, 0) is 0 Å². The van der Waals surface area contributed by atoms with Gasteiger partial charge in [0.05, 0.1) is 6.04 Å². The third-order valence-corrected chi connectivity index (χ3v) is 5.67. The first-order chi connectivity index (χ1) is 13.3. The Balaban J connectivity index is 1.67. The second kappa shape index (κ2) is 7.14. The van der Waals surface area contributed by atoms with E-state index in [-0.39, 0.29) is 29.9 Å². The number of carbonyl (C=O) groups excluding carboxylic acids is 1. The van der Waals surface area contributed by atoms with E-state index in [0.29, 0.717) is 6.54 Å². The zero-order chi connectivity index (χ0) is 19.9. The van der Waals surface area contributed by atoms with E-state index in [1.807, 2.05) is 13.0 Å². The molecule has 0 saturated carbocycles. The lowest BCUT2D eigenvalue weighted by atomic mass is 9.97. The van der Waals surface area contributed by atoms with Crippen LogP contribution in [-0.4, -0.2) is 39.4 Å². The molecular weight excluding hydrogens is 369 g/mol. The number of amides is 1. The largest absolute Gasteiger partial charge is 0.410 e. The minimum absolute atomic E-state index is 0.0687. The Kier molecular flexibility index (Phi) is 4.81. The number of rotatable bonds is 2. The van der Waals surface area contributed by atoms with E-state index in [0.717, 1.165) is 29.5 Å². The average molecular weight is 392 g/mol. The van der Waals surface area contributed by atoms with Crippen molar-refractivity contribution in [2.45, 2.75) is 56.9 Å². The monoisotopic (exact) mass is 392 g/mol. The Morgan fingerprint density at radius 3 is 2.64 bits per heavy atom. The van der Waals surface area contributed by atoms with Gasteiger partial charge in [-0.1, -0.05) is 30.3 Å². The lowest BCUT2D eigenvalue weighted by molar-refractivity contribution is -0.173. The SMILES string of the molecule is C[C@H]1CCCCN1C(=O)c1cc2n(n1)[C@H](C(F)(F)F)C[C@@H](c1ccccc1)N2. The number of aromatic nitrogens is 2. The van der Waals surface area contributed by atoms with Crippen LogP contribution >= 0.6 is 0 Å². The molecule has 1 aromatic carbocycles. The highest BCUT2D eigenvalue weighted by atomic mass is 19.4. The number of nitrogens with zero attached hydrogens (tertiary/aromatic N) is 3. The third kappa shape index (κ3) is 3.47. The molecule has 1 amide bonds. The summed E-state index contributed by atoms with van der Waals surface area (Å²) in [5, 5.41) is 7.21. The van der Waals surface area contributed by atoms with Crippen LogP contribution in [0.1, 0.15) is 60.7 Å². The molecule has 3 atom stereocenters. The van der Waals surface area contributed by atoms with Gasteiger partial charge in [-0.3, -0.25) is 4.79 Å². The summed E-state index contributed by atoms with van der Waals surface area (Å²) in [6.07, 6.45) is -1.76. The van der Waals surface area contributed by atoms with Gasteiger partial charge in [0.1, 0.15) is 5.82 Å². The van der Waals surface area contributed by atoms with E-state index in [4.69, 9.17) is 0 Å². The van der Waals surface area contributed by atoms with Crippen LogP contribution in [0.4, 0.5) is 19.0 Å². The molecule has 3 heterocycles. The molecule has 0 unspecified atom stereocenters. The number of piperidine rings is 1. The van der Waals surface area contributed by atoms with Crippen molar-refractivity contribution >= 4 is 11.7 Å². The van der Waals surface area contributed by atoms with Gasteiger partial charge in [0, 0.05) is 25.1 Å². The van der Waals surface area contributed by atoms with E-state index < -0.39 is 18.3 Å².